The molecule has 3 heteroatoms. The Hall–Kier alpha value is -1.53. The lowest BCUT2D eigenvalue weighted by Gasteiger charge is -2.11. The minimum atomic E-state index is -0.452. The van der Waals surface area contributed by atoms with Crippen LogP contribution in [0, 0.1) is 18.3 Å². The summed E-state index contributed by atoms with van der Waals surface area (Å²) in [7, 11) is 0. The zero-order chi connectivity index (χ0) is 12.0. The van der Waals surface area contributed by atoms with E-state index in [2.05, 4.69) is 6.07 Å². The summed E-state index contributed by atoms with van der Waals surface area (Å²) in [6, 6.07) is 7.72. The molecule has 86 valence electrons. The van der Waals surface area contributed by atoms with Gasteiger partial charge in [0, 0.05) is 6.42 Å². The minimum Gasteiger partial charge on any atom is -0.493 e. The molecular weight excluding hydrogens is 202 g/mol. The van der Waals surface area contributed by atoms with Crippen LogP contribution in [-0.4, -0.2) is 11.7 Å². The van der Waals surface area contributed by atoms with E-state index in [4.69, 9.17) is 10.00 Å². The molecule has 0 heterocycles. The van der Waals surface area contributed by atoms with E-state index in [1.165, 1.54) is 0 Å². The molecule has 3 nitrogen and oxygen atoms in total. The zero-order valence-corrected chi connectivity index (χ0v) is 9.73. The molecule has 0 saturated heterocycles. The Kier molecular flexibility index (Phi) is 4.81. The monoisotopic (exact) mass is 219 g/mol. The Morgan fingerprint density at radius 1 is 1.50 bits per heavy atom. The molecule has 1 atom stereocenters. The SMILES string of the molecule is Cc1cc(C(C)O)ccc1OCCCC#N. The van der Waals surface area contributed by atoms with Crippen molar-refractivity contribution in [3.05, 3.63) is 29.3 Å². The number of rotatable bonds is 5. The van der Waals surface area contributed by atoms with Crippen LogP contribution in [0.4, 0.5) is 0 Å². The number of aliphatic hydroxyl groups excluding tert-OH is 1. The Morgan fingerprint density at radius 3 is 2.81 bits per heavy atom. The molecule has 1 N–H and O–H groups in total. The van der Waals surface area contributed by atoms with Crippen LogP contribution < -0.4 is 4.74 Å². The maximum absolute atomic E-state index is 9.41. The summed E-state index contributed by atoms with van der Waals surface area (Å²) in [5, 5.41) is 17.8. The van der Waals surface area contributed by atoms with Gasteiger partial charge in [-0.1, -0.05) is 6.07 Å². The fourth-order valence-corrected chi connectivity index (χ4v) is 1.43. The average molecular weight is 219 g/mol. The molecule has 0 aliphatic rings. The lowest BCUT2D eigenvalue weighted by molar-refractivity contribution is 0.199. The van der Waals surface area contributed by atoms with Crippen LogP contribution in [0.5, 0.6) is 5.75 Å². The molecule has 1 aromatic rings. The maximum Gasteiger partial charge on any atom is 0.122 e. The number of benzene rings is 1. The fraction of sp³-hybridized carbons (Fsp3) is 0.462. The molecule has 0 aliphatic carbocycles. The van der Waals surface area contributed by atoms with Gasteiger partial charge in [-0.2, -0.15) is 5.26 Å². The number of ether oxygens (including phenoxy) is 1. The molecule has 0 bridgehead atoms. The smallest absolute Gasteiger partial charge is 0.122 e. The third-order valence-electron chi connectivity index (χ3n) is 2.37. The highest BCUT2D eigenvalue weighted by Crippen LogP contribution is 2.22. The Balaban J connectivity index is 2.58. The van der Waals surface area contributed by atoms with Crippen LogP contribution in [0.2, 0.25) is 0 Å². The third kappa shape index (κ3) is 3.56. The van der Waals surface area contributed by atoms with Gasteiger partial charge in [0.15, 0.2) is 0 Å². The van der Waals surface area contributed by atoms with Crippen LogP contribution in [0.1, 0.15) is 37.0 Å². The van der Waals surface area contributed by atoms with Gasteiger partial charge in [0.1, 0.15) is 5.75 Å². The molecule has 0 radical (unpaired) electrons. The molecule has 0 aliphatic heterocycles. The van der Waals surface area contributed by atoms with E-state index in [-0.39, 0.29) is 0 Å². The van der Waals surface area contributed by atoms with Crippen molar-refractivity contribution < 1.29 is 9.84 Å². The Morgan fingerprint density at radius 2 is 2.25 bits per heavy atom. The first-order chi connectivity index (χ1) is 7.65. The molecule has 1 rings (SSSR count). The van der Waals surface area contributed by atoms with E-state index in [9.17, 15) is 5.11 Å². The van der Waals surface area contributed by atoms with Crippen molar-refractivity contribution in [3.63, 3.8) is 0 Å². The zero-order valence-electron chi connectivity index (χ0n) is 9.73. The average Bonchev–Trinajstić information content (AvgIpc) is 2.26. The Labute approximate surface area is 96.3 Å². The van der Waals surface area contributed by atoms with Gasteiger partial charge in [-0.3, -0.25) is 0 Å². The quantitative estimate of drug-likeness (QED) is 0.775. The second kappa shape index (κ2) is 6.14. The molecular formula is C13H17NO2. The van der Waals surface area contributed by atoms with Crippen molar-refractivity contribution in [2.45, 2.75) is 32.8 Å². The number of hydrogen-bond acceptors (Lipinski definition) is 3. The summed E-state index contributed by atoms with van der Waals surface area (Å²) < 4.78 is 5.54. The predicted octanol–water partition coefficient (Wildman–Crippen LogP) is 2.73. The van der Waals surface area contributed by atoms with Crippen molar-refractivity contribution in [1.29, 1.82) is 5.26 Å². The van der Waals surface area contributed by atoms with Crippen LogP contribution in [0.25, 0.3) is 0 Å². The van der Waals surface area contributed by atoms with Crippen LogP contribution >= 0.6 is 0 Å². The van der Waals surface area contributed by atoms with Gasteiger partial charge >= 0.3 is 0 Å². The van der Waals surface area contributed by atoms with Gasteiger partial charge in [0.2, 0.25) is 0 Å². The summed E-state index contributed by atoms with van der Waals surface area (Å²) in [5.41, 5.74) is 1.90. The number of unbranched alkanes of at least 4 members (excludes halogenated alkanes) is 1. The fourth-order valence-electron chi connectivity index (χ4n) is 1.43. The molecule has 1 aromatic carbocycles. The summed E-state index contributed by atoms with van der Waals surface area (Å²) in [6.45, 7) is 4.25. The molecule has 0 spiro atoms. The Bertz CT molecular complexity index is 380. The largest absolute Gasteiger partial charge is 0.493 e. The van der Waals surface area contributed by atoms with Crippen molar-refractivity contribution in [1.82, 2.24) is 0 Å². The van der Waals surface area contributed by atoms with Gasteiger partial charge in [-0.05, 0) is 43.5 Å². The van der Waals surface area contributed by atoms with Crippen LogP contribution in [-0.2, 0) is 0 Å². The molecule has 0 amide bonds. The predicted molar refractivity (Wildman–Crippen MR) is 62.2 cm³/mol. The first-order valence-electron chi connectivity index (χ1n) is 5.43. The number of nitrogens with zero attached hydrogens (tertiary/aromatic N) is 1. The van der Waals surface area contributed by atoms with E-state index < -0.39 is 6.10 Å². The second-order valence-corrected chi connectivity index (χ2v) is 3.81. The van der Waals surface area contributed by atoms with Gasteiger partial charge < -0.3 is 9.84 Å². The van der Waals surface area contributed by atoms with E-state index in [1.807, 2.05) is 25.1 Å². The number of nitriles is 1. The molecule has 0 saturated carbocycles. The molecule has 1 unspecified atom stereocenters. The standard InChI is InChI=1S/C13H17NO2/c1-10-9-12(11(2)15)5-6-13(10)16-8-4-3-7-14/h5-6,9,11,15H,3-4,8H2,1-2H3. The number of aliphatic hydroxyl groups is 1. The van der Waals surface area contributed by atoms with Crippen molar-refractivity contribution in [3.8, 4) is 11.8 Å². The van der Waals surface area contributed by atoms with E-state index in [0.717, 1.165) is 23.3 Å². The van der Waals surface area contributed by atoms with Gasteiger partial charge in [-0.25, -0.2) is 0 Å². The highest BCUT2D eigenvalue weighted by atomic mass is 16.5. The number of aryl methyl sites for hydroxylation is 1. The van der Waals surface area contributed by atoms with Crippen molar-refractivity contribution >= 4 is 0 Å². The van der Waals surface area contributed by atoms with Gasteiger partial charge in [0.25, 0.3) is 0 Å². The molecule has 16 heavy (non-hydrogen) atoms. The minimum absolute atomic E-state index is 0.452. The second-order valence-electron chi connectivity index (χ2n) is 3.81. The maximum atomic E-state index is 9.41. The van der Waals surface area contributed by atoms with Gasteiger partial charge in [0.05, 0.1) is 18.8 Å². The van der Waals surface area contributed by atoms with Crippen molar-refractivity contribution in [2.24, 2.45) is 0 Å². The highest BCUT2D eigenvalue weighted by Gasteiger charge is 2.04. The van der Waals surface area contributed by atoms with E-state index in [0.29, 0.717) is 13.0 Å². The summed E-state index contributed by atoms with van der Waals surface area (Å²) in [4.78, 5) is 0. The number of hydrogen-bond donors (Lipinski definition) is 1. The van der Waals surface area contributed by atoms with Crippen LogP contribution in [0.3, 0.4) is 0 Å². The highest BCUT2D eigenvalue weighted by molar-refractivity contribution is 5.36. The lowest BCUT2D eigenvalue weighted by atomic mass is 10.1. The third-order valence-corrected chi connectivity index (χ3v) is 2.37. The first kappa shape index (κ1) is 12.5. The van der Waals surface area contributed by atoms with E-state index >= 15 is 0 Å². The van der Waals surface area contributed by atoms with Crippen molar-refractivity contribution in [2.75, 3.05) is 6.61 Å². The topological polar surface area (TPSA) is 53.2 Å². The van der Waals surface area contributed by atoms with Gasteiger partial charge in [-0.15, -0.1) is 0 Å². The normalized spacial score (nSPS) is 11.9. The molecule has 0 fully saturated rings. The lowest BCUT2D eigenvalue weighted by Crippen LogP contribution is -1.99. The van der Waals surface area contributed by atoms with E-state index in [1.54, 1.807) is 6.92 Å². The first-order valence-corrected chi connectivity index (χ1v) is 5.43. The summed E-state index contributed by atoms with van der Waals surface area (Å²) >= 11 is 0. The molecule has 0 aromatic heterocycles. The van der Waals surface area contributed by atoms with Crippen LogP contribution in [0.15, 0.2) is 18.2 Å². The summed E-state index contributed by atoms with van der Waals surface area (Å²) in [6.07, 6.45) is 0.810. The summed E-state index contributed by atoms with van der Waals surface area (Å²) in [5.74, 6) is 0.822.